The van der Waals surface area contributed by atoms with Gasteiger partial charge in [-0.2, -0.15) is 0 Å². The van der Waals surface area contributed by atoms with Gasteiger partial charge in [0, 0.05) is 66.0 Å². The fraction of sp³-hybridized carbons (Fsp3) is 0.444. The maximum atomic E-state index is 12.2. The van der Waals surface area contributed by atoms with Gasteiger partial charge in [0.15, 0.2) is 0 Å². The molecule has 3 heterocycles. The molecule has 0 atom stereocenters. The van der Waals surface area contributed by atoms with Crippen LogP contribution in [0.2, 0.25) is 10.0 Å². The highest BCUT2D eigenvalue weighted by atomic mass is 35.5. The van der Waals surface area contributed by atoms with E-state index in [4.69, 9.17) is 42.2 Å². The predicted octanol–water partition coefficient (Wildman–Crippen LogP) is 7.77. The van der Waals surface area contributed by atoms with E-state index in [9.17, 15) is 4.79 Å². The van der Waals surface area contributed by atoms with Crippen LogP contribution in [0.3, 0.4) is 0 Å². The lowest BCUT2D eigenvalue weighted by Gasteiger charge is -2.51. The van der Waals surface area contributed by atoms with Crippen molar-refractivity contribution >= 4 is 40.0 Å². The lowest BCUT2D eigenvalue weighted by molar-refractivity contribution is -0.131. The SMILES string of the molecule is COc1cc(CC(=O)N(C)C)nc2ccc(C#CC34CCC(OCc5c(-c6c(Cl)cncc6Cl)noc5C5CC5)(CC3)CC4)cc12. The van der Waals surface area contributed by atoms with Gasteiger partial charge >= 0.3 is 0 Å². The molecule has 0 N–H and O–H groups in total. The molecule has 8 nitrogen and oxygen atoms in total. The zero-order valence-corrected chi connectivity index (χ0v) is 27.8. The van der Waals surface area contributed by atoms with Gasteiger partial charge in [-0.3, -0.25) is 14.8 Å². The average Bonchev–Trinajstić information content (AvgIpc) is 3.83. The molecule has 0 aliphatic heterocycles. The van der Waals surface area contributed by atoms with E-state index in [1.54, 1.807) is 38.5 Å². The Morgan fingerprint density at radius 3 is 2.43 bits per heavy atom. The number of amides is 1. The van der Waals surface area contributed by atoms with Gasteiger partial charge < -0.3 is 18.9 Å². The molecule has 0 unspecified atom stereocenters. The van der Waals surface area contributed by atoms with Crippen LogP contribution >= 0.6 is 23.2 Å². The van der Waals surface area contributed by atoms with Crippen molar-refractivity contribution in [1.29, 1.82) is 0 Å². The molecule has 238 valence electrons. The van der Waals surface area contributed by atoms with E-state index < -0.39 is 0 Å². The molecule has 4 saturated carbocycles. The van der Waals surface area contributed by atoms with Crippen LogP contribution in [-0.4, -0.2) is 52.7 Å². The molecule has 4 aliphatic carbocycles. The summed E-state index contributed by atoms with van der Waals surface area (Å²) in [5.41, 5.74) is 4.46. The number of hydrogen-bond donors (Lipinski definition) is 0. The number of hydrogen-bond acceptors (Lipinski definition) is 7. The first-order chi connectivity index (χ1) is 22.2. The molecule has 8 rings (SSSR count). The van der Waals surface area contributed by atoms with Crippen molar-refractivity contribution in [2.75, 3.05) is 21.2 Å². The minimum absolute atomic E-state index is 0.00365. The van der Waals surface area contributed by atoms with Crippen molar-refractivity contribution in [3.63, 3.8) is 0 Å². The predicted molar refractivity (Wildman–Crippen MR) is 177 cm³/mol. The Morgan fingerprint density at radius 1 is 1.07 bits per heavy atom. The van der Waals surface area contributed by atoms with Crippen LogP contribution in [0.4, 0.5) is 0 Å². The lowest BCUT2D eigenvalue weighted by Crippen LogP contribution is -2.47. The third-order valence-electron chi connectivity index (χ3n) is 9.90. The minimum atomic E-state index is -0.182. The molecule has 0 radical (unpaired) electrons. The van der Waals surface area contributed by atoms with E-state index in [2.05, 4.69) is 22.0 Å². The Labute approximate surface area is 278 Å². The van der Waals surface area contributed by atoms with Crippen LogP contribution in [0.1, 0.15) is 79.9 Å². The maximum absolute atomic E-state index is 12.2. The third kappa shape index (κ3) is 5.97. The number of fused-ring (bicyclic) bond motifs is 4. The zero-order valence-electron chi connectivity index (χ0n) is 26.3. The number of ether oxygens (including phenoxy) is 2. The molecule has 46 heavy (non-hydrogen) atoms. The molecule has 0 spiro atoms. The summed E-state index contributed by atoms with van der Waals surface area (Å²) in [7, 11) is 5.13. The molecule has 1 amide bonds. The van der Waals surface area contributed by atoms with Crippen LogP contribution < -0.4 is 4.74 Å². The highest BCUT2D eigenvalue weighted by Crippen LogP contribution is 2.54. The number of carbonyl (C=O) groups excluding carboxylic acids is 1. The second-order valence-electron chi connectivity index (χ2n) is 13.1. The molecule has 3 aromatic heterocycles. The second kappa shape index (κ2) is 12.2. The molecule has 4 aliphatic rings. The average molecular weight is 660 g/mol. The summed E-state index contributed by atoms with van der Waals surface area (Å²) in [4.78, 5) is 22.6. The van der Waals surface area contributed by atoms with Gasteiger partial charge in [0.2, 0.25) is 5.91 Å². The van der Waals surface area contributed by atoms with Crippen molar-refractivity contribution in [3.8, 4) is 28.8 Å². The number of halogens is 2. The van der Waals surface area contributed by atoms with Gasteiger partial charge in [-0.1, -0.05) is 40.2 Å². The largest absolute Gasteiger partial charge is 0.496 e. The standard InChI is InChI=1S/C36H36Cl2N4O4/c1-42(2)31(43)18-24-17-30(44-3)25-16-22(4-7-29(25)40-24)8-9-35-10-13-36(14-11-35,15-12-35)45-21-26-33(41-46-34(26)23-5-6-23)32-27(37)19-39-20-28(32)38/h4,7,16-17,19-20,23H,5-6,10-15,18,21H2,1-3H3. The summed E-state index contributed by atoms with van der Waals surface area (Å²) in [6.07, 6.45) is 11.4. The maximum Gasteiger partial charge on any atom is 0.228 e. The number of rotatable bonds is 8. The lowest BCUT2D eigenvalue weighted by atomic mass is 9.59. The number of likely N-dealkylation sites (N-methyl/N-ethyl adjacent to an activating group) is 1. The quantitative estimate of drug-likeness (QED) is 0.179. The first kappa shape index (κ1) is 31.0. The summed E-state index contributed by atoms with van der Waals surface area (Å²) in [6.45, 7) is 0.413. The molecule has 0 saturated heterocycles. The number of aromatic nitrogens is 3. The second-order valence-corrected chi connectivity index (χ2v) is 14.0. The van der Waals surface area contributed by atoms with Gasteiger partial charge in [-0.05, 0) is 69.6 Å². The van der Waals surface area contributed by atoms with Gasteiger partial charge in [0.05, 0.1) is 47.0 Å². The number of pyridine rings is 2. The number of benzene rings is 1. The summed E-state index contributed by atoms with van der Waals surface area (Å²) < 4.78 is 18.3. The van der Waals surface area contributed by atoms with Gasteiger partial charge in [0.1, 0.15) is 17.2 Å². The minimum Gasteiger partial charge on any atom is -0.496 e. The van der Waals surface area contributed by atoms with Gasteiger partial charge in [0.25, 0.3) is 0 Å². The molecular weight excluding hydrogens is 623 g/mol. The number of methoxy groups -OCH3 is 1. The van der Waals surface area contributed by atoms with Crippen molar-refractivity contribution in [2.45, 2.75) is 75.9 Å². The van der Waals surface area contributed by atoms with Crippen LogP contribution in [0.15, 0.2) is 41.2 Å². The van der Waals surface area contributed by atoms with Crippen LogP contribution in [0.5, 0.6) is 5.75 Å². The molecule has 2 bridgehead atoms. The Morgan fingerprint density at radius 2 is 1.78 bits per heavy atom. The van der Waals surface area contributed by atoms with E-state index in [1.165, 1.54) is 0 Å². The summed E-state index contributed by atoms with van der Waals surface area (Å²) >= 11 is 13.0. The summed E-state index contributed by atoms with van der Waals surface area (Å²) in [5.74, 6) is 9.11. The smallest absolute Gasteiger partial charge is 0.228 e. The van der Waals surface area contributed by atoms with Crippen LogP contribution in [-0.2, 0) is 22.6 Å². The van der Waals surface area contributed by atoms with Crippen LogP contribution in [0, 0.1) is 17.3 Å². The zero-order chi connectivity index (χ0) is 32.1. The fourth-order valence-electron chi connectivity index (χ4n) is 6.84. The fourth-order valence-corrected chi connectivity index (χ4v) is 7.39. The number of nitrogens with zero attached hydrogens (tertiary/aromatic N) is 4. The van der Waals surface area contributed by atoms with E-state index in [1.807, 2.05) is 24.3 Å². The molecule has 4 aromatic rings. The molecular formula is C36H36Cl2N4O4. The first-order valence-corrected chi connectivity index (χ1v) is 16.6. The van der Waals surface area contributed by atoms with E-state index in [0.717, 1.165) is 79.2 Å². The third-order valence-corrected chi connectivity index (χ3v) is 10.5. The topological polar surface area (TPSA) is 90.6 Å². The van der Waals surface area contributed by atoms with Gasteiger partial charge in [-0.25, -0.2) is 0 Å². The van der Waals surface area contributed by atoms with E-state index >= 15 is 0 Å². The Hall–Kier alpha value is -3.64. The normalized spacial score (nSPS) is 22.0. The van der Waals surface area contributed by atoms with Crippen molar-refractivity contribution in [1.82, 2.24) is 20.0 Å². The number of carbonyl (C=O) groups is 1. The first-order valence-electron chi connectivity index (χ1n) is 15.8. The highest BCUT2D eigenvalue weighted by Gasteiger charge is 2.49. The Bertz CT molecular complexity index is 1840. The highest BCUT2D eigenvalue weighted by molar-refractivity contribution is 6.38. The van der Waals surface area contributed by atoms with Crippen LogP contribution in [0.25, 0.3) is 22.2 Å². The van der Waals surface area contributed by atoms with E-state index in [0.29, 0.717) is 45.3 Å². The van der Waals surface area contributed by atoms with Gasteiger partial charge in [-0.15, -0.1) is 0 Å². The van der Waals surface area contributed by atoms with Crippen molar-refractivity contribution in [3.05, 3.63) is 69.3 Å². The van der Waals surface area contributed by atoms with E-state index in [-0.39, 0.29) is 23.3 Å². The van der Waals surface area contributed by atoms with Crippen molar-refractivity contribution in [2.24, 2.45) is 5.41 Å². The Balaban J connectivity index is 1.06. The molecule has 10 heteroatoms. The summed E-state index contributed by atoms with van der Waals surface area (Å²) in [6, 6.07) is 7.85. The Kier molecular flexibility index (Phi) is 8.21. The molecule has 1 aromatic carbocycles. The molecule has 4 fully saturated rings. The summed E-state index contributed by atoms with van der Waals surface area (Å²) in [5, 5.41) is 6.20. The monoisotopic (exact) mass is 658 g/mol. The van der Waals surface area contributed by atoms with Crippen molar-refractivity contribution < 1.29 is 18.8 Å².